The van der Waals surface area contributed by atoms with E-state index < -0.39 is 5.97 Å². The maximum Gasteiger partial charge on any atom is 0.325 e. The van der Waals surface area contributed by atoms with E-state index in [4.69, 9.17) is 27.9 Å². The van der Waals surface area contributed by atoms with Crippen LogP contribution >= 0.6 is 35.0 Å². The first-order valence-electron chi connectivity index (χ1n) is 5.91. The first-order chi connectivity index (χ1) is 9.43. The van der Waals surface area contributed by atoms with Crippen molar-refractivity contribution in [2.75, 3.05) is 26.0 Å². The number of esters is 1. The minimum atomic E-state index is -0.422. The van der Waals surface area contributed by atoms with Crippen molar-refractivity contribution in [2.45, 2.75) is 11.8 Å². The topological polar surface area (TPSA) is 46.6 Å². The van der Waals surface area contributed by atoms with Crippen molar-refractivity contribution in [1.82, 2.24) is 4.90 Å². The molecule has 0 spiro atoms. The standard InChI is InChI=1S/C13H15Cl2NO3S/c1-3-19-13(18)7-16(2)12(17)8-20-11-6-9(14)4-5-10(11)15/h4-6H,3,7-8H2,1-2H3. The van der Waals surface area contributed by atoms with Crippen LogP contribution in [0.5, 0.6) is 0 Å². The van der Waals surface area contributed by atoms with Crippen molar-refractivity contribution >= 4 is 46.8 Å². The highest BCUT2D eigenvalue weighted by Crippen LogP contribution is 2.29. The van der Waals surface area contributed by atoms with Crippen LogP contribution in [0.15, 0.2) is 23.1 Å². The lowest BCUT2D eigenvalue weighted by Crippen LogP contribution is -2.34. The highest BCUT2D eigenvalue weighted by molar-refractivity contribution is 8.00. The largest absolute Gasteiger partial charge is 0.465 e. The molecule has 20 heavy (non-hydrogen) atoms. The molecule has 0 saturated carbocycles. The highest BCUT2D eigenvalue weighted by Gasteiger charge is 2.14. The van der Waals surface area contributed by atoms with E-state index in [-0.39, 0.29) is 18.2 Å². The molecule has 0 heterocycles. The van der Waals surface area contributed by atoms with Gasteiger partial charge in [-0.3, -0.25) is 9.59 Å². The number of halogens is 2. The molecule has 110 valence electrons. The van der Waals surface area contributed by atoms with E-state index >= 15 is 0 Å². The van der Waals surface area contributed by atoms with Crippen LogP contribution in [0.1, 0.15) is 6.92 Å². The normalized spacial score (nSPS) is 10.2. The number of carbonyl (C=O) groups is 2. The van der Waals surface area contributed by atoms with Crippen LogP contribution in [0.3, 0.4) is 0 Å². The minimum Gasteiger partial charge on any atom is -0.465 e. The van der Waals surface area contributed by atoms with Crippen molar-refractivity contribution in [3.8, 4) is 0 Å². The zero-order valence-corrected chi connectivity index (χ0v) is 13.5. The highest BCUT2D eigenvalue weighted by atomic mass is 35.5. The third kappa shape index (κ3) is 5.61. The molecule has 1 amide bonds. The molecule has 0 unspecified atom stereocenters. The molecule has 0 aliphatic carbocycles. The fourth-order valence-corrected chi connectivity index (χ4v) is 2.76. The third-order valence-corrected chi connectivity index (χ3v) is 4.06. The average molecular weight is 336 g/mol. The summed E-state index contributed by atoms with van der Waals surface area (Å²) in [6.07, 6.45) is 0. The van der Waals surface area contributed by atoms with Gasteiger partial charge < -0.3 is 9.64 Å². The van der Waals surface area contributed by atoms with Crippen LogP contribution < -0.4 is 0 Å². The molecule has 0 fully saturated rings. The van der Waals surface area contributed by atoms with Gasteiger partial charge in [0.15, 0.2) is 0 Å². The molecular formula is C13H15Cl2NO3S. The zero-order chi connectivity index (χ0) is 15.1. The van der Waals surface area contributed by atoms with Crippen molar-refractivity contribution in [1.29, 1.82) is 0 Å². The Kier molecular flexibility index (Phi) is 7.19. The summed E-state index contributed by atoms with van der Waals surface area (Å²) in [4.78, 5) is 25.2. The number of nitrogens with zero attached hydrogens (tertiary/aromatic N) is 1. The number of likely N-dealkylation sites (N-methyl/N-ethyl adjacent to an activating group) is 1. The van der Waals surface area contributed by atoms with Crippen LogP contribution in [0.4, 0.5) is 0 Å². The molecular weight excluding hydrogens is 321 g/mol. The number of hydrogen-bond acceptors (Lipinski definition) is 4. The molecule has 0 aliphatic rings. The van der Waals surface area contributed by atoms with E-state index in [0.717, 1.165) is 4.90 Å². The molecule has 0 N–H and O–H groups in total. The fourth-order valence-electron chi connectivity index (χ4n) is 1.33. The first-order valence-corrected chi connectivity index (χ1v) is 7.65. The van der Waals surface area contributed by atoms with E-state index in [1.54, 1.807) is 32.2 Å². The van der Waals surface area contributed by atoms with Crippen molar-refractivity contribution < 1.29 is 14.3 Å². The average Bonchev–Trinajstić information content (AvgIpc) is 2.39. The van der Waals surface area contributed by atoms with Gasteiger partial charge in [-0.05, 0) is 25.1 Å². The quantitative estimate of drug-likeness (QED) is 0.592. The predicted molar refractivity (Wildman–Crippen MR) is 81.5 cm³/mol. The van der Waals surface area contributed by atoms with Gasteiger partial charge in [-0.15, -0.1) is 11.8 Å². The summed E-state index contributed by atoms with van der Waals surface area (Å²) in [6.45, 7) is 1.96. The summed E-state index contributed by atoms with van der Waals surface area (Å²) in [5.41, 5.74) is 0. The van der Waals surface area contributed by atoms with Gasteiger partial charge in [0.2, 0.25) is 5.91 Å². The van der Waals surface area contributed by atoms with Crippen LogP contribution in [-0.4, -0.2) is 42.7 Å². The molecule has 1 aromatic carbocycles. The number of amides is 1. The Morgan fingerprint density at radius 3 is 2.70 bits per heavy atom. The second-order valence-electron chi connectivity index (χ2n) is 3.92. The lowest BCUT2D eigenvalue weighted by Gasteiger charge is -2.16. The minimum absolute atomic E-state index is 0.0590. The lowest BCUT2D eigenvalue weighted by molar-refractivity contribution is -0.147. The molecule has 0 radical (unpaired) electrons. The molecule has 0 saturated heterocycles. The second kappa shape index (κ2) is 8.39. The Morgan fingerprint density at radius 1 is 1.35 bits per heavy atom. The van der Waals surface area contributed by atoms with Gasteiger partial charge in [0.1, 0.15) is 6.54 Å². The maximum absolute atomic E-state index is 11.9. The summed E-state index contributed by atoms with van der Waals surface area (Å²) in [5, 5.41) is 1.10. The van der Waals surface area contributed by atoms with Gasteiger partial charge in [0.05, 0.1) is 17.4 Å². The van der Waals surface area contributed by atoms with E-state index in [2.05, 4.69) is 0 Å². The van der Waals surface area contributed by atoms with Crippen LogP contribution in [0, 0.1) is 0 Å². The maximum atomic E-state index is 11.9. The number of carbonyl (C=O) groups excluding carboxylic acids is 2. The number of benzene rings is 1. The van der Waals surface area contributed by atoms with Gasteiger partial charge in [-0.2, -0.15) is 0 Å². The second-order valence-corrected chi connectivity index (χ2v) is 5.78. The molecule has 0 aliphatic heterocycles. The van der Waals surface area contributed by atoms with Gasteiger partial charge >= 0.3 is 5.97 Å². The number of rotatable bonds is 6. The Hall–Kier alpha value is -0.910. The molecule has 0 atom stereocenters. The summed E-state index contributed by atoms with van der Waals surface area (Å²) < 4.78 is 4.78. The summed E-state index contributed by atoms with van der Waals surface area (Å²) in [6, 6.07) is 5.06. The fraction of sp³-hybridized carbons (Fsp3) is 0.385. The monoisotopic (exact) mass is 335 g/mol. The van der Waals surface area contributed by atoms with E-state index in [0.29, 0.717) is 16.7 Å². The van der Waals surface area contributed by atoms with Crippen molar-refractivity contribution in [2.24, 2.45) is 0 Å². The van der Waals surface area contributed by atoms with Crippen molar-refractivity contribution in [3.63, 3.8) is 0 Å². The SMILES string of the molecule is CCOC(=O)CN(C)C(=O)CSc1cc(Cl)ccc1Cl. The van der Waals surface area contributed by atoms with Gasteiger partial charge in [-0.25, -0.2) is 0 Å². The van der Waals surface area contributed by atoms with Gasteiger partial charge in [-0.1, -0.05) is 23.2 Å². The lowest BCUT2D eigenvalue weighted by atomic mass is 10.4. The molecule has 0 bridgehead atoms. The van der Waals surface area contributed by atoms with Crippen molar-refractivity contribution in [3.05, 3.63) is 28.2 Å². The summed E-state index contributed by atoms with van der Waals surface area (Å²) in [5.74, 6) is -0.427. The molecule has 0 aromatic heterocycles. The Labute approximate surface area is 132 Å². The van der Waals surface area contributed by atoms with Gasteiger partial charge in [0, 0.05) is 17.0 Å². The molecule has 1 aromatic rings. The van der Waals surface area contributed by atoms with E-state index in [1.165, 1.54) is 16.7 Å². The van der Waals surface area contributed by atoms with Crippen LogP contribution in [0.2, 0.25) is 10.0 Å². The summed E-state index contributed by atoms with van der Waals surface area (Å²) in [7, 11) is 1.55. The number of thioether (sulfide) groups is 1. The number of ether oxygens (including phenoxy) is 1. The van der Waals surface area contributed by atoms with E-state index in [1.807, 2.05) is 0 Å². The third-order valence-electron chi connectivity index (χ3n) is 2.34. The Bertz CT molecular complexity index is 497. The summed E-state index contributed by atoms with van der Waals surface area (Å²) >= 11 is 13.2. The van der Waals surface area contributed by atoms with Crippen LogP contribution in [0.25, 0.3) is 0 Å². The number of hydrogen-bond donors (Lipinski definition) is 0. The van der Waals surface area contributed by atoms with Crippen LogP contribution in [-0.2, 0) is 14.3 Å². The molecule has 7 heteroatoms. The van der Waals surface area contributed by atoms with Gasteiger partial charge in [0.25, 0.3) is 0 Å². The predicted octanol–water partition coefficient (Wildman–Crippen LogP) is 3.11. The first kappa shape index (κ1) is 17.1. The smallest absolute Gasteiger partial charge is 0.325 e. The molecule has 4 nitrogen and oxygen atoms in total. The van der Waals surface area contributed by atoms with E-state index in [9.17, 15) is 9.59 Å². The Balaban J connectivity index is 2.50. The zero-order valence-electron chi connectivity index (χ0n) is 11.2. The Morgan fingerprint density at radius 2 is 2.05 bits per heavy atom. The molecule has 1 rings (SSSR count).